The summed E-state index contributed by atoms with van der Waals surface area (Å²) in [6.07, 6.45) is -0.267. The van der Waals surface area contributed by atoms with Crippen molar-refractivity contribution in [2.75, 3.05) is 5.32 Å². The summed E-state index contributed by atoms with van der Waals surface area (Å²) in [5.41, 5.74) is 1.55. The molecule has 7 heteroatoms. The van der Waals surface area contributed by atoms with Crippen LogP contribution in [0.3, 0.4) is 0 Å². The van der Waals surface area contributed by atoms with Gasteiger partial charge in [0.1, 0.15) is 17.7 Å². The molecule has 0 heterocycles. The molecule has 0 aromatic heterocycles. The molecule has 0 radical (unpaired) electrons. The van der Waals surface area contributed by atoms with E-state index in [2.05, 4.69) is 10.6 Å². The van der Waals surface area contributed by atoms with E-state index in [9.17, 15) is 14.4 Å². The fraction of sp³-hybridized carbons (Fsp3) is 0.424. The molecule has 2 N–H and O–H groups in total. The molecule has 2 atom stereocenters. The second-order valence-electron chi connectivity index (χ2n) is 12.0. The van der Waals surface area contributed by atoms with E-state index in [0.29, 0.717) is 12.1 Å². The molecule has 0 bridgehead atoms. The van der Waals surface area contributed by atoms with Crippen LogP contribution in [-0.2, 0) is 14.3 Å². The third-order valence-corrected chi connectivity index (χ3v) is 6.53. The monoisotopic (exact) mass is 545 g/mol. The lowest BCUT2D eigenvalue weighted by Gasteiger charge is -2.38. The zero-order valence-electron chi connectivity index (χ0n) is 24.9. The Morgan fingerprint density at radius 2 is 1.50 bits per heavy atom. The Balaban J connectivity index is 2.02. The average Bonchev–Trinajstić information content (AvgIpc) is 2.85. The number of benzene rings is 3. The molecule has 3 rings (SSSR count). The van der Waals surface area contributed by atoms with E-state index in [0.717, 1.165) is 21.9 Å². The molecule has 3 amide bonds. The molecule has 3 aromatic carbocycles. The highest BCUT2D eigenvalue weighted by molar-refractivity contribution is 6.00. The zero-order valence-corrected chi connectivity index (χ0v) is 24.9. The Morgan fingerprint density at radius 1 is 0.875 bits per heavy atom. The molecule has 3 aromatic rings. The van der Waals surface area contributed by atoms with Crippen molar-refractivity contribution in [2.45, 2.75) is 85.5 Å². The number of ether oxygens (including phenoxy) is 1. The first kappa shape index (κ1) is 30.7. The van der Waals surface area contributed by atoms with Crippen LogP contribution in [0.4, 0.5) is 10.5 Å². The molecular formula is C33H43N3O4. The number of hydrogen-bond donors (Lipinski definition) is 2. The van der Waals surface area contributed by atoms with Crippen LogP contribution in [0.15, 0.2) is 66.7 Å². The van der Waals surface area contributed by atoms with Gasteiger partial charge in [0, 0.05) is 11.7 Å². The number of nitrogens with one attached hydrogen (secondary N) is 2. The third kappa shape index (κ3) is 8.07. The lowest BCUT2D eigenvalue weighted by molar-refractivity contribution is -0.143. The molecule has 0 saturated carbocycles. The Bertz CT molecular complexity index is 1340. The van der Waals surface area contributed by atoms with Gasteiger partial charge in [-0.05, 0) is 87.9 Å². The second-order valence-corrected chi connectivity index (χ2v) is 12.0. The summed E-state index contributed by atoms with van der Waals surface area (Å²) in [6, 6.07) is 19.1. The summed E-state index contributed by atoms with van der Waals surface area (Å²) in [5, 5.41) is 7.91. The van der Waals surface area contributed by atoms with E-state index in [1.807, 2.05) is 101 Å². The predicted octanol–water partition coefficient (Wildman–Crippen LogP) is 7.00. The SMILES string of the molecule is Cc1ccccc1C(C(=O)Nc1ccc2ccccc2c1)N(C(=O)C(CC(C)C)NC(=O)OC(C)(C)C)C(C)C. The van der Waals surface area contributed by atoms with Crippen molar-refractivity contribution in [1.82, 2.24) is 10.2 Å². The van der Waals surface area contributed by atoms with Crippen molar-refractivity contribution in [3.63, 3.8) is 0 Å². The number of rotatable bonds is 9. The average molecular weight is 546 g/mol. The molecule has 214 valence electrons. The highest BCUT2D eigenvalue weighted by atomic mass is 16.6. The summed E-state index contributed by atoms with van der Waals surface area (Å²) < 4.78 is 5.47. The normalized spacial score (nSPS) is 13.2. The largest absolute Gasteiger partial charge is 0.444 e. The lowest BCUT2D eigenvalue weighted by atomic mass is 9.95. The summed E-state index contributed by atoms with van der Waals surface area (Å²) in [5.74, 6) is -0.551. The predicted molar refractivity (Wildman–Crippen MR) is 161 cm³/mol. The van der Waals surface area contributed by atoms with Gasteiger partial charge in [-0.3, -0.25) is 9.59 Å². The molecular weight excluding hydrogens is 502 g/mol. The minimum atomic E-state index is -0.921. The Labute approximate surface area is 238 Å². The van der Waals surface area contributed by atoms with Crippen LogP contribution < -0.4 is 10.6 Å². The standard InChI is InChI=1S/C33H43N3O4/c1-21(2)19-28(35-32(39)40-33(6,7)8)31(38)36(22(3)4)29(27-16-12-9-13-23(27)5)30(37)34-26-18-17-24-14-10-11-15-25(24)20-26/h9-18,20-22,28-29H,19H2,1-8H3,(H,34,37)(H,35,39). The minimum absolute atomic E-state index is 0.112. The molecule has 0 spiro atoms. The quantitative estimate of drug-likeness (QED) is 0.303. The molecule has 2 unspecified atom stereocenters. The maximum atomic E-state index is 14.3. The summed E-state index contributed by atoms with van der Waals surface area (Å²) >= 11 is 0. The van der Waals surface area contributed by atoms with E-state index < -0.39 is 23.8 Å². The van der Waals surface area contributed by atoms with Gasteiger partial charge in [0.2, 0.25) is 5.91 Å². The number of alkyl carbamates (subject to hydrolysis) is 1. The summed E-state index contributed by atoms with van der Waals surface area (Å²) in [6.45, 7) is 15.0. The highest BCUT2D eigenvalue weighted by Gasteiger charge is 2.38. The number of nitrogens with zero attached hydrogens (tertiary/aromatic N) is 1. The van der Waals surface area contributed by atoms with Gasteiger partial charge < -0.3 is 20.3 Å². The van der Waals surface area contributed by atoms with Crippen LogP contribution in [0, 0.1) is 12.8 Å². The van der Waals surface area contributed by atoms with Crippen LogP contribution in [0.1, 0.15) is 72.1 Å². The maximum absolute atomic E-state index is 14.3. The van der Waals surface area contributed by atoms with Gasteiger partial charge >= 0.3 is 6.09 Å². The summed E-state index contributed by atoms with van der Waals surface area (Å²) in [4.78, 5) is 42.7. The fourth-order valence-corrected chi connectivity index (χ4v) is 4.79. The number of amides is 3. The molecule has 0 saturated heterocycles. The van der Waals surface area contributed by atoms with Gasteiger partial charge in [0.25, 0.3) is 5.91 Å². The first-order valence-corrected chi connectivity index (χ1v) is 13.9. The fourth-order valence-electron chi connectivity index (χ4n) is 4.79. The highest BCUT2D eigenvalue weighted by Crippen LogP contribution is 2.30. The van der Waals surface area contributed by atoms with Gasteiger partial charge in [-0.2, -0.15) is 0 Å². The topological polar surface area (TPSA) is 87.7 Å². The number of carbonyl (C=O) groups is 3. The number of anilines is 1. The first-order valence-electron chi connectivity index (χ1n) is 13.9. The van der Waals surface area contributed by atoms with Crippen molar-refractivity contribution in [1.29, 1.82) is 0 Å². The number of aryl methyl sites for hydroxylation is 1. The minimum Gasteiger partial charge on any atom is -0.444 e. The van der Waals surface area contributed by atoms with Gasteiger partial charge in [0.15, 0.2) is 0 Å². The van der Waals surface area contributed by atoms with Gasteiger partial charge in [0.05, 0.1) is 0 Å². The maximum Gasteiger partial charge on any atom is 0.408 e. The molecule has 0 fully saturated rings. The number of hydrogen-bond acceptors (Lipinski definition) is 4. The number of carbonyl (C=O) groups excluding carboxylic acids is 3. The van der Waals surface area contributed by atoms with Crippen LogP contribution in [0.2, 0.25) is 0 Å². The first-order chi connectivity index (χ1) is 18.8. The zero-order chi connectivity index (χ0) is 29.6. The van der Waals surface area contributed by atoms with E-state index >= 15 is 0 Å². The number of fused-ring (bicyclic) bond motifs is 1. The molecule has 0 aliphatic rings. The van der Waals surface area contributed by atoms with Crippen molar-refractivity contribution >= 4 is 34.4 Å². The van der Waals surface area contributed by atoms with Gasteiger partial charge in [-0.1, -0.05) is 68.4 Å². The Kier molecular flexibility index (Phi) is 9.96. The van der Waals surface area contributed by atoms with Gasteiger partial charge in [-0.25, -0.2) is 4.79 Å². The van der Waals surface area contributed by atoms with Crippen LogP contribution in [0.25, 0.3) is 10.8 Å². The lowest BCUT2D eigenvalue weighted by Crippen LogP contribution is -2.54. The van der Waals surface area contributed by atoms with Crippen molar-refractivity contribution in [3.8, 4) is 0 Å². The Hall–Kier alpha value is -3.87. The van der Waals surface area contributed by atoms with E-state index in [4.69, 9.17) is 4.74 Å². The third-order valence-electron chi connectivity index (χ3n) is 6.53. The van der Waals surface area contributed by atoms with Gasteiger partial charge in [-0.15, -0.1) is 0 Å². The Morgan fingerprint density at radius 3 is 2.10 bits per heavy atom. The summed E-state index contributed by atoms with van der Waals surface area (Å²) in [7, 11) is 0. The van der Waals surface area contributed by atoms with E-state index in [1.54, 1.807) is 25.7 Å². The molecule has 0 aliphatic heterocycles. The molecule has 0 aliphatic carbocycles. The van der Waals surface area contributed by atoms with Crippen molar-refractivity contribution < 1.29 is 19.1 Å². The molecule has 40 heavy (non-hydrogen) atoms. The van der Waals surface area contributed by atoms with E-state index in [1.165, 1.54) is 0 Å². The van der Waals surface area contributed by atoms with Crippen molar-refractivity contribution in [3.05, 3.63) is 77.9 Å². The smallest absolute Gasteiger partial charge is 0.408 e. The molecule has 7 nitrogen and oxygen atoms in total. The van der Waals surface area contributed by atoms with Crippen LogP contribution in [-0.4, -0.2) is 40.5 Å². The van der Waals surface area contributed by atoms with Crippen LogP contribution in [0.5, 0.6) is 0 Å². The van der Waals surface area contributed by atoms with Crippen LogP contribution >= 0.6 is 0 Å². The second kappa shape index (κ2) is 13.0. The van der Waals surface area contributed by atoms with E-state index in [-0.39, 0.29) is 23.8 Å². The van der Waals surface area contributed by atoms with Crippen molar-refractivity contribution in [2.24, 2.45) is 5.92 Å².